The summed E-state index contributed by atoms with van der Waals surface area (Å²) in [5.41, 5.74) is 3.86. The zero-order valence-electron chi connectivity index (χ0n) is 15.1. The second-order valence-electron chi connectivity index (χ2n) is 7.01. The van der Waals surface area contributed by atoms with E-state index in [0.29, 0.717) is 5.28 Å². The van der Waals surface area contributed by atoms with E-state index in [0.717, 1.165) is 35.6 Å². The maximum Gasteiger partial charge on any atom is 0.225 e. The zero-order valence-corrected chi connectivity index (χ0v) is 16.7. The Morgan fingerprint density at radius 3 is 2.69 bits per heavy atom. The van der Waals surface area contributed by atoms with Crippen LogP contribution >= 0.6 is 22.9 Å². The molecule has 0 amide bonds. The third-order valence-electron chi connectivity index (χ3n) is 5.07. The van der Waals surface area contributed by atoms with Crippen molar-refractivity contribution in [2.24, 2.45) is 0 Å². The number of rotatable bonds is 5. The van der Waals surface area contributed by atoms with Crippen LogP contribution in [0.4, 0.5) is 11.5 Å². The summed E-state index contributed by atoms with van der Waals surface area (Å²) in [5.74, 6) is 0.848. The van der Waals surface area contributed by atoms with Gasteiger partial charge in [0, 0.05) is 10.6 Å². The van der Waals surface area contributed by atoms with Gasteiger partial charge in [0.05, 0.1) is 5.39 Å². The highest BCUT2D eigenvalue weighted by atomic mass is 35.5. The summed E-state index contributed by atoms with van der Waals surface area (Å²) in [6.07, 6.45) is 9.68. The van der Waals surface area contributed by atoms with E-state index in [1.54, 1.807) is 11.3 Å². The first-order chi connectivity index (χ1) is 12.7. The van der Waals surface area contributed by atoms with Crippen LogP contribution in [0.25, 0.3) is 10.2 Å². The Labute approximate surface area is 163 Å². The lowest BCUT2D eigenvalue weighted by Gasteiger charge is -2.10. The number of nitrogens with zero attached hydrogens (tertiary/aromatic N) is 2. The van der Waals surface area contributed by atoms with E-state index in [1.807, 2.05) is 0 Å². The molecule has 1 N–H and O–H groups in total. The van der Waals surface area contributed by atoms with Crippen molar-refractivity contribution in [3.8, 4) is 0 Å². The van der Waals surface area contributed by atoms with Crippen molar-refractivity contribution in [2.45, 2.75) is 58.3 Å². The predicted molar refractivity (Wildman–Crippen MR) is 112 cm³/mol. The van der Waals surface area contributed by atoms with E-state index in [9.17, 15) is 0 Å². The van der Waals surface area contributed by atoms with E-state index in [-0.39, 0.29) is 0 Å². The van der Waals surface area contributed by atoms with E-state index in [1.165, 1.54) is 53.5 Å². The number of fused-ring (bicyclic) bond motifs is 3. The largest absolute Gasteiger partial charge is 0.340 e. The molecule has 0 spiro atoms. The van der Waals surface area contributed by atoms with Crippen molar-refractivity contribution >= 4 is 44.7 Å². The fourth-order valence-corrected chi connectivity index (χ4v) is 5.15. The van der Waals surface area contributed by atoms with Crippen LogP contribution < -0.4 is 5.32 Å². The highest BCUT2D eigenvalue weighted by Gasteiger charge is 2.20. The number of anilines is 2. The molecule has 3 aromatic rings. The normalized spacial score (nSPS) is 14.2. The highest BCUT2D eigenvalue weighted by Crippen LogP contribution is 2.39. The van der Waals surface area contributed by atoms with Gasteiger partial charge in [-0.3, -0.25) is 0 Å². The fourth-order valence-electron chi connectivity index (χ4n) is 3.67. The average molecular weight is 386 g/mol. The maximum absolute atomic E-state index is 6.21. The van der Waals surface area contributed by atoms with Crippen LogP contribution in [0.1, 0.15) is 55.0 Å². The number of benzene rings is 1. The Bertz CT molecular complexity index is 902. The maximum atomic E-state index is 6.21. The molecule has 3 nitrogen and oxygen atoms in total. The van der Waals surface area contributed by atoms with E-state index in [4.69, 9.17) is 11.6 Å². The summed E-state index contributed by atoms with van der Waals surface area (Å²) in [4.78, 5) is 11.5. The standard InChI is InChI=1S/C21H24ClN3S/c1-2-3-7-14-10-12-15(13-11-14)23-19-18-16-8-5-4-6-9-17(16)26-20(18)25-21(22)24-19/h10-13H,2-9H2,1H3,(H,23,24,25). The molecule has 26 heavy (non-hydrogen) atoms. The molecular weight excluding hydrogens is 362 g/mol. The van der Waals surface area contributed by atoms with Crippen molar-refractivity contribution in [2.75, 3.05) is 5.32 Å². The first kappa shape index (κ1) is 17.7. The van der Waals surface area contributed by atoms with E-state index in [2.05, 4.69) is 46.5 Å². The van der Waals surface area contributed by atoms with Gasteiger partial charge >= 0.3 is 0 Å². The van der Waals surface area contributed by atoms with Crippen molar-refractivity contribution in [1.29, 1.82) is 0 Å². The third-order valence-corrected chi connectivity index (χ3v) is 6.43. The molecule has 5 heteroatoms. The molecule has 0 fully saturated rings. The quantitative estimate of drug-likeness (QED) is 0.392. The minimum absolute atomic E-state index is 0.316. The Morgan fingerprint density at radius 2 is 1.88 bits per heavy atom. The zero-order chi connectivity index (χ0) is 17.9. The average Bonchev–Trinajstić information content (AvgIpc) is 2.82. The number of hydrogen-bond acceptors (Lipinski definition) is 4. The summed E-state index contributed by atoms with van der Waals surface area (Å²) in [5, 5.41) is 4.99. The van der Waals surface area contributed by atoms with Crippen LogP contribution in [0.2, 0.25) is 5.28 Å². The molecule has 1 aliphatic rings. The molecule has 4 rings (SSSR count). The van der Waals surface area contributed by atoms with Crippen LogP contribution in [0.3, 0.4) is 0 Å². The van der Waals surface area contributed by atoms with Crippen molar-refractivity contribution in [1.82, 2.24) is 9.97 Å². The van der Waals surface area contributed by atoms with Gasteiger partial charge in [0.2, 0.25) is 5.28 Å². The van der Waals surface area contributed by atoms with Crippen LogP contribution in [0, 0.1) is 0 Å². The number of hydrogen-bond donors (Lipinski definition) is 1. The topological polar surface area (TPSA) is 37.8 Å². The second kappa shape index (κ2) is 7.93. The van der Waals surface area contributed by atoms with Crippen molar-refractivity contribution < 1.29 is 0 Å². The molecule has 1 aromatic carbocycles. The van der Waals surface area contributed by atoms with Gasteiger partial charge < -0.3 is 5.32 Å². The molecule has 2 aromatic heterocycles. The molecule has 0 saturated carbocycles. The van der Waals surface area contributed by atoms with Gasteiger partial charge in [0.25, 0.3) is 0 Å². The molecule has 0 radical (unpaired) electrons. The highest BCUT2D eigenvalue weighted by molar-refractivity contribution is 7.19. The minimum atomic E-state index is 0.316. The van der Waals surface area contributed by atoms with Gasteiger partial charge in [0.15, 0.2) is 0 Å². The molecular formula is C21H24ClN3S. The Balaban J connectivity index is 1.68. The predicted octanol–water partition coefficient (Wildman–Crippen LogP) is 6.70. The number of nitrogens with one attached hydrogen (secondary N) is 1. The molecule has 0 atom stereocenters. The second-order valence-corrected chi connectivity index (χ2v) is 8.43. The monoisotopic (exact) mass is 385 g/mol. The summed E-state index contributed by atoms with van der Waals surface area (Å²) in [7, 11) is 0. The van der Waals surface area contributed by atoms with Crippen LogP contribution in [-0.2, 0) is 19.3 Å². The lowest BCUT2D eigenvalue weighted by Crippen LogP contribution is -1.98. The number of aryl methyl sites for hydroxylation is 3. The van der Waals surface area contributed by atoms with Crippen LogP contribution in [0.5, 0.6) is 0 Å². The lowest BCUT2D eigenvalue weighted by molar-refractivity contribution is 0.713. The van der Waals surface area contributed by atoms with E-state index >= 15 is 0 Å². The van der Waals surface area contributed by atoms with E-state index < -0.39 is 0 Å². The first-order valence-corrected chi connectivity index (χ1v) is 10.8. The Morgan fingerprint density at radius 1 is 1.08 bits per heavy atom. The van der Waals surface area contributed by atoms with Gasteiger partial charge in [-0.15, -0.1) is 11.3 Å². The number of aromatic nitrogens is 2. The van der Waals surface area contributed by atoms with Gasteiger partial charge in [-0.25, -0.2) is 4.98 Å². The third kappa shape index (κ3) is 3.72. The van der Waals surface area contributed by atoms with Gasteiger partial charge in [0.1, 0.15) is 10.6 Å². The van der Waals surface area contributed by atoms with Crippen LogP contribution in [-0.4, -0.2) is 9.97 Å². The number of halogens is 1. The molecule has 2 heterocycles. The Hall–Kier alpha value is -1.65. The minimum Gasteiger partial charge on any atom is -0.340 e. The molecule has 0 aliphatic heterocycles. The lowest BCUT2D eigenvalue weighted by atomic mass is 10.1. The SMILES string of the molecule is CCCCc1ccc(Nc2nc(Cl)nc3sc4c(c23)CCCCC4)cc1. The number of unbranched alkanes of at least 4 members (excludes halogenated alkanes) is 1. The van der Waals surface area contributed by atoms with Gasteiger partial charge in [-0.2, -0.15) is 4.98 Å². The summed E-state index contributed by atoms with van der Waals surface area (Å²) in [6, 6.07) is 8.67. The molecule has 0 unspecified atom stereocenters. The number of thiophene rings is 1. The summed E-state index contributed by atoms with van der Waals surface area (Å²) in [6.45, 7) is 2.23. The smallest absolute Gasteiger partial charge is 0.225 e. The van der Waals surface area contributed by atoms with Gasteiger partial charge in [-0.1, -0.05) is 31.9 Å². The van der Waals surface area contributed by atoms with Crippen LogP contribution in [0.15, 0.2) is 24.3 Å². The summed E-state index contributed by atoms with van der Waals surface area (Å²) < 4.78 is 0. The summed E-state index contributed by atoms with van der Waals surface area (Å²) >= 11 is 8.00. The molecule has 1 aliphatic carbocycles. The van der Waals surface area contributed by atoms with Crippen molar-refractivity contribution in [3.63, 3.8) is 0 Å². The first-order valence-electron chi connectivity index (χ1n) is 9.58. The fraction of sp³-hybridized carbons (Fsp3) is 0.429. The Kier molecular flexibility index (Phi) is 5.41. The molecule has 0 saturated heterocycles. The van der Waals surface area contributed by atoms with Gasteiger partial charge in [-0.05, 0) is 73.4 Å². The molecule has 0 bridgehead atoms. The van der Waals surface area contributed by atoms with Crippen molar-refractivity contribution in [3.05, 3.63) is 45.6 Å². The molecule has 136 valence electrons.